The van der Waals surface area contributed by atoms with E-state index >= 15 is 0 Å². The predicted molar refractivity (Wildman–Crippen MR) is 76.6 cm³/mol. The molecule has 1 atom stereocenters. The molecule has 123 valence electrons. The van der Waals surface area contributed by atoms with Crippen LogP contribution < -0.4 is 11.3 Å². The lowest BCUT2D eigenvalue weighted by atomic mass is 10.1. The van der Waals surface area contributed by atoms with E-state index in [-0.39, 0.29) is 0 Å². The van der Waals surface area contributed by atoms with Crippen LogP contribution in [0.25, 0.3) is 0 Å². The highest BCUT2D eigenvalue weighted by atomic mass is 16.6. The van der Waals surface area contributed by atoms with Crippen LogP contribution in [0.5, 0.6) is 0 Å². The highest BCUT2D eigenvalue weighted by Gasteiger charge is 2.57. The Bertz CT molecular complexity index is 466. The van der Waals surface area contributed by atoms with E-state index in [0.29, 0.717) is 12.8 Å². The van der Waals surface area contributed by atoms with Crippen LogP contribution in [0.15, 0.2) is 0 Å². The lowest BCUT2D eigenvalue weighted by Gasteiger charge is -2.36. The first-order valence-electron chi connectivity index (χ1n) is 7.21. The Labute approximate surface area is 129 Å². The van der Waals surface area contributed by atoms with Gasteiger partial charge in [-0.05, 0) is 33.6 Å². The van der Waals surface area contributed by atoms with Crippen molar-refractivity contribution in [2.45, 2.75) is 58.1 Å². The normalized spacial score (nSPS) is 18.4. The SMILES string of the molecule is CC(C)(C)OC(=O)[N+](C[C]=O)(C(=O)C(=O)NN)C1CCCC1. The number of ether oxygens (including phenoxy) is 1. The van der Waals surface area contributed by atoms with E-state index in [0.717, 1.165) is 12.8 Å². The third kappa shape index (κ3) is 3.69. The third-order valence-corrected chi connectivity index (χ3v) is 3.67. The highest BCUT2D eigenvalue weighted by molar-refractivity contribution is 6.33. The second-order valence-electron chi connectivity index (χ2n) is 6.37. The first kappa shape index (κ1) is 18.2. The summed E-state index contributed by atoms with van der Waals surface area (Å²) in [6, 6.07) is -0.485. The Morgan fingerprint density at radius 3 is 2.23 bits per heavy atom. The van der Waals surface area contributed by atoms with E-state index in [1.54, 1.807) is 32.5 Å². The molecule has 1 fully saturated rings. The minimum atomic E-state index is -1.13. The van der Waals surface area contributed by atoms with Crippen molar-refractivity contribution in [3.8, 4) is 0 Å². The van der Waals surface area contributed by atoms with Gasteiger partial charge in [-0.2, -0.15) is 4.79 Å². The molecule has 0 spiro atoms. The molecule has 1 radical (unpaired) electrons. The number of amides is 3. The minimum Gasteiger partial charge on any atom is -0.414 e. The van der Waals surface area contributed by atoms with Crippen LogP contribution in [0.1, 0.15) is 46.5 Å². The molecule has 1 aliphatic rings. The second kappa shape index (κ2) is 6.97. The zero-order valence-corrected chi connectivity index (χ0v) is 13.2. The first-order valence-corrected chi connectivity index (χ1v) is 7.21. The van der Waals surface area contributed by atoms with Crippen molar-refractivity contribution in [2.24, 2.45) is 5.84 Å². The molecule has 1 aliphatic carbocycles. The van der Waals surface area contributed by atoms with E-state index < -0.39 is 40.6 Å². The Morgan fingerprint density at radius 2 is 1.82 bits per heavy atom. The molecule has 0 aliphatic heterocycles. The summed E-state index contributed by atoms with van der Waals surface area (Å²) in [6.45, 7) is 4.37. The molecule has 3 amide bonds. The number of hydrogen-bond donors (Lipinski definition) is 2. The molecule has 0 heterocycles. The van der Waals surface area contributed by atoms with Gasteiger partial charge in [0.15, 0.2) is 6.54 Å². The van der Waals surface area contributed by atoms with E-state index in [4.69, 9.17) is 10.6 Å². The number of nitrogens with two attached hydrogens (primary N) is 1. The van der Waals surface area contributed by atoms with Crippen LogP contribution in [-0.4, -0.2) is 46.9 Å². The fourth-order valence-electron chi connectivity index (χ4n) is 2.70. The van der Waals surface area contributed by atoms with Gasteiger partial charge in [-0.3, -0.25) is 15.0 Å². The predicted octanol–water partition coefficient (Wildman–Crippen LogP) is 0.307. The number of nitrogens with one attached hydrogen (secondary N) is 1. The summed E-state index contributed by atoms with van der Waals surface area (Å²) in [5.41, 5.74) is 0.868. The van der Waals surface area contributed by atoms with Gasteiger partial charge in [-0.25, -0.2) is 10.6 Å². The van der Waals surface area contributed by atoms with Gasteiger partial charge in [0.05, 0.1) is 0 Å². The summed E-state index contributed by atoms with van der Waals surface area (Å²) in [6.07, 6.45) is 3.38. The monoisotopic (exact) mass is 313 g/mol. The Hall–Kier alpha value is -1.80. The average Bonchev–Trinajstić information content (AvgIpc) is 2.95. The maximum atomic E-state index is 12.6. The topological polar surface area (TPSA) is 116 Å². The zero-order chi connectivity index (χ0) is 17.0. The van der Waals surface area contributed by atoms with Gasteiger partial charge in [0, 0.05) is 12.8 Å². The maximum Gasteiger partial charge on any atom is 0.525 e. The maximum absolute atomic E-state index is 12.6. The smallest absolute Gasteiger partial charge is 0.414 e. The molecular formula is C14H23N3O5+. The van der Waals surface area contributed by atoms with Crippen molar-refractivity contribution >= 4 is 24.2 Å². The summed E-state index contributed by atoms with van der Waals surface area (Å²) in [4.78, 5) is 47.9. The second-order valence-corrected chi connectivity index (χ2v) is 6.37. The minimum absolute atomic E-state index is 0.485. The van der Waals surface area contributed by atoms with Gasteiger partial charge in [-0.1, -0.05) is 0 Å². The standard InChI is InChI=1S/C14H22N3O5/c1-14(2,3)22-13(21)17(8-9-18,10-6-4-5-7-10)12(20)11(19)16-15/h10H,4-8H2,1-3H3,(H2-,15,16,19,20)/p+1. The lowest BCUT2D eigenvalue weighted by Crippen LogP contribution is -2.67. The van der Waals surface area contributed by atoms with Crippen molar-refractivity contribution in [2.75, 3.05) is 6.54 Å². The number of hydrazine groups is 1. The molecule has 1 rings (SSSR count). The molecular weight excluding hydrogens is 290 g/mol. The quantitative estimate of drug-likeness (QED) is 0.255. The molecule has 22 heavy (non-hydrogen) atoms. The van der Waals surface area contributed by atoms with Crippen molar-refractivity contribution < 1.29 is 28.4 Å². The number of carbonyl (C=O) groups excluding carboxylic acids is 4. The Morgan fingerprint density at radius 1 is 1.27 bits per heavy atom. The lowest BCUT2D eigenvalue weighted by molar-refractivity contribution is -0.796. The van der Waals surface area contributed by atoms with E-state index in [9.17, 15) is 19.2 Å². The number of quaternary nitrogens is 1. The Kier molecular flexibility index (Phi) is 5.78. The van der Waals surface area contributed by atoms with E-state index in [1.807, 2.05) is 0 Å². The molecule has 0 saturated heterocycles. The molecule has 0 aromatic heterocycles. The molecule has 0 aromatic rings. The average molecular weight is 313 g/mol. The molecule has 8 nitrogen and oxygen atoms in total. The summed E-state index contributed by atoms with van der Waals surface area (Å²) in [5, 5.41) is 0. The van der Waals surface area contributed by atoms with Crippen LogP contribution >= 0.6 is 0 Å². The van der Waals surface area contributed by atoms with Crippen LogP contribution in [-0.2, 0) is 19.1 Å². The molecule has 1 saturated carbocycles. The molecule has 8 heteroatoms. The fourth-order valence-corrected chi connectivity index (χ4v) is 2.70. The van der Waals surface area contributed by atoms with Crippen molar-refractivity contribution in [3.63, 3.8) is 0 Å². The van der Waals surface area contributed by atoms with E-state index in [1.165, 1.54) is 0 Å². The third-order valence-electron chi connectivity index (χ3n) is 3.67. The molecule has 0 bridgehead atoms. The number of nitrogens with zero attached hydrogens (tertiary/aromatic N) is 1. The van der Waals surface area contributed by atoms with Crippen molar-refractivity contribution in [1.82, 2.24) is 5.43 Å². The fraction of sp³-hybridized carbons (Fsp3) is 0.714. The van der Waals surface area contributed by atoms with Gasteiger partial charge in [0.2, 0.25) is 0 Å². The highest BCUT2D eigenvalue weighted by Crippen LogP contribution is 2.32. The molecule has 3 N–H and O–H groups in total. The summed E-state index contributed by atoms with van der Waals surface area (Å²) < 4.78 is 4.29. The van der Waals surface area contributed by atoms with Crippen LogP contribution in [0.4, 0.5) is 4.79 Å². The molecule has 0 aromatic carbocycles. The number of rotatable bonds is 3. The Balaban J connectivity index is 3.31. The number of imide groups is 1. The largest absolute Gasteiger partial charge is 0.525 e. The summed E-state index contributed by atoms with van der Waals surface area (Å²) in [5.74, 6) is 2.79. The van der Waals surface area contributed by atoms with Gasteiger partial charge >= 0.3 is 17.9 Å². The molecule has 1 unspecified atom stereocenters. The van der Waals surface area contributed by atoms with Crippen LogP contribution in [0.2, 0.25) is 0 Å². The summed E-state index contributed by atoms with van der Waals surface area (Å²) >= 11 is 0. The summed E-state index contributed by atoms with van der Waals surface area (Å²) in [7, 11) is 0. The van der Waals surface area contributed by atoms with Gasteiger partial charge < -0.3 is 4.74 Å². The van der Waals surface area contributed by atoms with E-state index in [2.05, 4.69) is 0 Å². The number of hydrogen-bond acceptors (Lipinski definition) is 6. The van der Waals surface area contributed by atoms with Crippen molar-refractivity contribution in [1.29, 1.82) is 0 Å². The van der Waals surface area contributed by atoms with Gasteiger partial charge in [0.1, 0.15) is 11.6 Å². The van der Waals surface area contributed by atoms with Crippen LogP contribution in [0.3, 0.4) is 0 Å². The zero-order valence-electron chi connectivity index (χ0n) is 13.2. The van der Waals surface area contributed by atoms with Crippen molar-refractivity contribution in [3.05, 3.63) is 0 Å². The first-order chi connectivity index (χ1) is 10.2. The number of carbonyl (C=O) groups is 3. The van der Waals surface area contributed by atoms with Gasteiger partial charge in [-0.15, -0.1) is 4.48 Å². The van der Waals surface area contributed by atoms with Gasteiger partial charge in [0.25, 0.3) is 6.29 Å². The van der Waals surface area contributed by atoms with Crippen LogP contribution in [0, 0.1) is 0 Å².